The van der Waals surface area contributed by atoms with Gasteiger partial charge >= 0.3 is 0 Å². The van der Waals surface area contributed by atoms with E-state index >= 15 is 0 Å². The van der Waals surface area contributed by atoms with Gasteiger partial charge in [0.15, 0.2) is 0 Å². The third-order valence-electron chi connectivity index (χ3n) is 2.42. The average Bonchev–Trinajstić information content (AvgIpc) is 2.70. The van der Waals surface area contributed by atoms with Gasteiger partial charge in [0, 0.05) is 0 Å². The molecule has 1 fully saturated rings. The molecule has 0 amide bonds. The Labute approximate surface area is 70.6 Å². The van der Waals surface area contributed by atoms with Gasteiger partial charge in [-0.1, -0.05) is 13.8 Å². The highest BCUT2D eigenvalue weighted by Crippen LogP contribution is 2.31. The molecule has 1 aliphatic carbocycles. The van der Waals surface area contributed by atoms with Gasteiger partial charge in [0.05, 0.1) is 13.1 Å². The predicted molar refractivity (Wildman–Crippen MR) is 48.5 cm³/mol. The molecule has 1 rings (SSSR count). The van der Waals surface area contributed by atoms with Crippen molar-refractivity contribution in [2.75, 3.05) is 13.1 Å². The van der Waals surface area contributed by atoms with E-state index < -0.39 is 0 Å². The lowest BCUT2D eigenvalue weighted by Crippen LogP contribution is -2.84. The summed E-state index contributed by atoms with van der Waals surface area (Å²) in [7, 11) is 0. The molecular weight excluding hydrogens is 134 g/mol. The third kappa shape index (κ3) is 5.25. The second-order valence-electron chi connectivity index (χ2n) is 4.28. The van der Waals surface area contributed by atoms with Crippen molar-refractivity contribution in [1.82, 2.24) is 0 Å². The van der Waals surface area contributed by atoms with Crippen molar-refractivity contribution in [1.29, 1.82) is 0 Å². The van der Waals surface area contributed by atoms with Crippen LogP contribution in [0.3, 0.4) is 0 Å². The molecule has 0 aromatic rings. The van der Waals surface area contributed by atoms with Crippen molar-refractivity contribution in [2.24, 2.45) is 11.8 Å². The molecule has 0 unspecified atom stereocenters. The van der Waals surface area contributed by atoms with Crippen LogP contribution in [-0.4, -0.2) is 13.1 Å². The van der Waals surface area contributed by atoms with E-state index in [-0.39, 0.29) is 0 Å². The lowest BCUT2D eigenvalue weighted by atomic mass is 10.1. The SMILES string of the molecule is CC(C)CC[NH2+]CCC1CC1. The topological polar surface area (TPSA) is 16.6 Å². The lowest BCUT2D eigenvalue weighted by Gasteiger charge is -2.02. The maximum atomic E-state index is 2.48. The van der Waals surface area contributed by atoms with E-state index in [1.165, 1.54) is 38.8 Å². The highest BCUT2D eigenvalue weighted by Gasteiger charge is 2.20. The molecule has 1 saturated carbocycles. The molecule has 2 N–H and O–H groups in total. The summed E-state index contributed by atoms with van der Waals surface area (Å²) in [5, 5.41) is 2.48. The fourth-order valence-electron chi connectivity index (χ4n) is 1.36. The highest BCUT2D eigenvalue weighted by molar-refractivity contribution is 4.71. The van der Waals surface area contributed by atoms with E-state index in [0.717, 1.165) is 11.8 Å². The van der Waals surface area contributed by atoms with Gasteiger partial charge in [0.1, 0.15) is 0 Å². The van der Waals surface area contributed by atoms with E-state index in [2.05, 4.69) is 19.2 Å². The molecule has 66 valence electrons. The monoisotopic (exact) mass is 156 g/mol. The molecule has 1 nitrogen and oxygen atoms in total. The zero-order valence-corrected chi connectivity index (χ0v) is 7.97. The second-order valence-corrected chi connectivity index (χ2v) is 4.28. The molecular formula is C10H22N+. The Balaban J connectivity index is 1.73. The first-order valence-corrected chi connectivity index (χ1v) is 5.10. The zero-order chi connectivity index (χ0) is 8.10. The Bertz CT molecular complexity index is 91.0. The summed E-state index contributed by atoms with van der Waals surface area (Å²) in [5.41, 5.74) is 0. The third-order valence-corrected chi connectivity index (χ3v) is 2.42. The fourth-order valence-corrected chi connectivity index (χ4v) is 1.36. The molecule has 1 heteroatoms. The summed E-state index contributed by atoms with van der Waals surface area (Å²) in [5.74, 6) is 2.00. The maximum Gasteiger partial charge on any atom is 0.0758 e. The number of quaternary nitrogens is 1. The minimum absolute atomic E-state index is 0.882. The van der Waals surface area contributed by atoms with E-state index in [1.807, 2.05) is 0 Å². The smallest absolute Gasteiger partial charge is 0.0758 e. The van der Waals surface area contributed by atoms with Crippen LogP contribution in [0.2, 0.25) is 0 Å². The Kier molecular flexibility index (Phi) is 3.92. The van der Waals surface area contributed by atoms with Gasteiger partial charge in [0.25, 0.3) is 0 Å². The van der Waals surface area contributed by atoms with Crippen LogP contribution in [0, 0.1) is 11.8 Å². The molecule has 11 heavy (non-hydrogen) atoms. The Morgan fingerprint density at radius 2 is 2.00 bits per heavy atom. The second kappa shape index (κ2) is 4.76. The van der Waals surface area contributed by atoms with Gasteiger partial charge < -0.3 is 5.32 Å². The average molecular weight is 156 g/mol. The van der Waals surface area contributed by atoms with Crippen LogP contribution >= 0.6 is 0 Å². The summed E-state index contributed by atoms with van der Waals surface area (Å²) in [6.07, 6.45) is 5.87. The highest BCUT2D eigenvalue weighted by atomic mass is 14.8. The van der Waals surface area contributed by atoms with Crippen LogP contribution in [0.15, 0.2) is 0 Å². The van der Waals surface area contributed by atoms with Crippen molar-refractivity contribution in [3.63, 3.8) is 0 Å². The van der Waals surface area contributed by atoms with Gasteiger partial charge in [-0.2, -0.15) is 0 Å². The molecule has 0 aromatic heterocycles. The van der Waals surface area contributed by atoms with Crippen LogP contribution < -0.4 is 5.32 Å². The zero-order valence-electron chi connectivity index (χ0n) is 7.97. The molecule has 0 aromatic carbocycles. The van der Waals surface area contributed by atoms with Gasteiger partial charge in [-0.3, -0.25) is 0 Å². The van der Waals surface area contributed by atoms with Gasteiger partial charge in [0.2, 0.25) is 0 Å². The van der Waals surface area contributed by atoms with Crippen molar-refractivity contribution in [3.05, 3.63) is 0 Å². The van der Waals surface area contributed by atoms with E-state index in [1.54, 1.807) is 0 Å². The summed E-state index contributed by atoms with van der Waals surface area (Å²) in [4.78, 5) is 0. The van der Waals surface area contributed by atoms with Gasteiger partial charge in [-0.05, 0) is 37.5 Å². The number of hydrogen-bond acceptors (Lipinski definition) is 0. The summed E-state index contributed by atoms with van der Waals surface area (Å²) < 4.78 is 0. The van der Waals surface area contributed by atoms with Crippen LogP contribution in [0.1, 0.15) is 39.5 Å². The quantitative estimate of drug-likeness (QED) is 0.560. The minimum Gasteiger partial charge on any atom is -0.346 e. The lowest BCUT2D eigenvalue weighted by molar-refractivity contribution is -0.656. The van der Waals surface area contributed by atoms with Crippen LogP contribution in [-0.2, 0) is 0 Å². The molecule has 0 saturated heterocycles. The first-order valence-electron chi connectivity index (χ1n) is 5.10. The normalized spacial score (nSPS) is 17.7. The van der Waals surface area contributed by atoms with Crippen molar-refractivity contribution < 1.29 is 5.32 Å². The largest absolute Gasteiger partial charge is 0.346 e. The summed E-state index contributed by atoms with van der Waals surface area (Å²) in [6.45, 7) is 7.31. The Hall–Kier alpha value is -0.0400. The van der Waals surface area contributed by atoms with Crippen molar-refractivity contribution in [3.8, 4) is 0 Å². The fraction of sp³-hybridized carbons (Fsp3) is 1.00. The summed E-state index contributed by atoms with van der Waals surface area (Å²) >= 11 is 0. The van der Waals surface area contributed by atoms with Crippen molar-refractivity contribution >= 4 is 0 Å². The van der Waals surface area contributed by atoms with Crippen LogP contribution in [0.4, 0.5) is 0 Å². The number of hydrogen-bond donors (Lipinski definition) is 1. The minimum atomic E-state index is 0.882. The molecule has 0 spiro atoms. The molecule has 0 radical (unpaired) electrons. The number of rotatable bonds is 6. The van der Waals surface area contributed by atoms with E-state index in [0.29, 0.717) is 0 Å². The molecule has 0 atom stereocenters. The van der Waals surface area contributed by atoms with Crippen molar-refractivity contribution in [2.45, 2.75) is 39.5 Å². The van der Waals surface area contributed by atoms with E-state index in [9.17, 15) is 0 Å². The maximum absolute atomic E-state index is 2.48. The Morgan fingerprint density at radius 3 is 2.55 bits per heavy atom. The van der Waals surface area contributed by atoms with E-state index in [4.69, 9.17) is 0 Å². The van der Waals surface area contributed by atoms with Crippen LogP contribution in [0.5, 0.6) is 0 Å². The molecule has 0 aliphatic heterocycles. The molecule has 0 bridgehead atoms. The molecule has 1 aliphatic rings. The molecule has 0 heterocycles. The van der Waals surface area contributed by atoms with Gasteiger partial charge in [-0.15, -0.1) is 0 Å². The first kappa shape index (κ1) is 9.05. The predicted octanol–water partition coefficient (Wildman–Crippen LogP) is 1.40. The Morgan fingerprint density at radius 1 is 1.27 bits per heavy atom. The number of nitrogens with two attached hydrogens (primary N) is 1. The first-order chi connectivity index (χ1) is 5.29. The summed E-state index contributed by atoms with van der Waals surface area (Å²) in [6, 6.07) is 0. The van der Waals surface area contributed by atoms with Crippen LogP contribution in [0.25, 0.3) is 0 Å². The standard InChI is InChI=1S/C10H21N/c1-9(2)5-7-11-8-6-10-3-4-10/h9-11H,3-8H2,1-2H3/p+1. The van der Waals surface area contributed by atoms with Gasteiger partial charge in [-0.25, -0.2) is 0 Å².